The van der Waals surface area contributed by atoms with Crippen LogP contribution in [0.1, 0.15) is 86.5 Å². The zero-order valence-electron chi connectivity index (χ0n) is 25.5. The van der Waals surface area contributed by atoms with Gasteiger partial charge in [0, 0.05) is 18.9 Å². The standard InChI is InChI=1S/C29H49N3O7Si/c1-27(2,3)38-26(37)30-21-15-13-11-9-10-12-14-19-17-29(19,25(35)36)31-23(33)22-16-20(18-32(22)24(21)34)39-40(7,8)28(4,5)6/h12,14,19-22H,9-11,13,15-18H2,1-8H3,(H,30,37)(H,31,33)(H,35,36)/b14-12-. The molecule has 2 aliphatic heterocycles. The highest BCUT2D eigenvalue weighted by Crippen LogP contribution is 2.45. The van der Waals surface area contributed by atoms with Crippen molar-refractivity contribution in [3.05, 3.63) is 12.2 Å². The molecule has 0 spiro atoms. The summed E-state index contributed by atoms with van der Waals surface area (Å²) in [5.41, 5.74) is -2.10. The van der Waals surface area contributed by atoms with Crippen molar-refractivity contribution in [3.8, 4) is 0 Å². The molecule has 3 N–H and O–H groups in total. The Bertz CT molecular complexity index is 1020. The maximum absolute atomic E-state index is 14.0. The van der Waals surface area contributed by atoms with E-state index in [1.807, 2.05) is 12.2 Å². The number of hydrogen-bond donors (Lipinski definition) is 3. The fourth-order valence-electron chi connectivity index (χ4n) is 5.19. The van der Waals surface area contributed by atoms with E-state index in [0.29, 0.717) is 19.3 Å². The molecule has 226 valence electrons. The van der Waals surface area contributed by atoms with Crippen LogP contribution in [0.3, 0.4) is 0 Å². The molecule has 0 aromatic rings. The van der Waals surface area contributed by atoms with Crippen LogP contribution in [0.4, 0.5) is 4.79 Å². The topological polar surface area (TPSA) is 134 Å². The lowest BCUT2D eigenvalue weighted by molar-refractivity contribution is -0.145. The summed E-state index contributed by atoms with van der Waals surface area (Å²) in [6.45, 7) is 16.1. The number of allylic oxidation sites excluding steroid dienone is 1. The van der Waals surface area contributed by atoms with Crippen molar-refractivity contribution >= 4 is 32.2 Å². The number of rotatable bonds is 4. The molecular weight excluding hydrogens is 530 g/mol. The summed E-state index contributed by atoms with van der Waals surface area (Å²) in [6, 6.07) is -1.78. The van der Waals surface area contributed by atoms with Gasteiger partial charge in [-0.2, -0.15) is 0 Å². The molecule has 3 amide bonds. The van der Waals surface area contributed by atoms with Gasteiger partial charge >= 0.3 is 12.1 Å². The molecule has 10 nitrogen and oxygen atoms in total. The van der Waals surface area contributed by atoms with E-state index in [1.165, 1.54) is 4.90 Å². The van der Waals surface area contributed by atoms with Crippen LogP contribution in [0.25, 0.3) is 0 Å². The van der Waals surface area contributed by atoms with Crippen molar-refractivity contribution in [2.24, 2.45) is 5.92 Å². The SMILES string of the molecule is CC(C)(C)OC(=O)NC1CCCCC/C=C\C2CC2(C(=O)O)NC(=O)C2CC(O[Si](C)(C)C(C)(C)C)CN2C1=O. The Morgan fingerprint density at radius 3 is 2.40 bits per heavy atom. The molecule has 0 bridgehead atoms. The summed E-state index contributed by atoms with van der Waals surface area (Å²) in [5.74, 6) is -2.24. The van der Waals surface area contributed by atoms with Crippen LogP contribution in [0.15, 0.2) is 12.2 Å². The number of alkyl carbamates (subject to hydrolysis) is 1. The number of carboxylic acid groups (broad SMARTS) is 1. The Morgan fingerprint density at radius 1 is 1.12 bits per heavy atom. The average Bonchev–Trinajstić information content (AvgIpc) is 3.33. The molecule has 5 atom stereocenters. The molecule has 11 heteroatoms. The van der Waals surface area contributed by atoms with Crippen LogP contribution in [-0.4, -0.2) is 78.1 Å². The molecule has 0 radical (unpaired) electrons. The number of carbonyl (C=O) groups is 4. The van der Waals surface area contributed by atoms with Gasteiger partial charge in [0.2, 0.25) is 11.8 Å². The van der Waals surface area contributed by atoms with Crippen LogP contribution < -0.4 is 10.6 Å². The minimum Gasteiger partial charge on any atom is -0.479 e. The molecule has 2 heterocycles. The summed E-state index contributed by atoms with van der Waals surface area (Å²) in [6.07, 6.45) is 6.99. The summed E-state index contributed by atoms with van der Waals surface area (Å²) in [5, 5.41) is 15.5. The summed E-state index contributed by atoms with van der Waals surface area (Å²) < 4.78 is 12.1. The lowest BCUT2D eigenvalue weighted by atomic mass is 10.0. The van der Waals surface area contributed by atoms with Crippen molar-refractivity contribution in [2.75, 3.05) is 6.54 Å². The van der Waals surface area contributed by atoms with Gasteiger partial charge in [-0.1, -0.05) is 45.8 Å². The van der Waals surface area contributed by atoms with Gasteiger partial charge in [0.1, 0.15) is 23.2 Å². The third kappa shape index (κ3) is 7.66. The molecule has 1 saturated carbocycles. The number of fused-ring (bicyclic) bond motifs is 2. The first kappa shape index (κ1) is 32.1. The molecule has 5 unspecified atom stereocenters. The minimum atomic E-state index is -2.23. The third-order valence-electron chi connectivity index (χ3n) is 8.58. The quantitative estimate of drug-likeness (QED) is 0.333. The number of hydrogen-bond acceptors (Lipinski definition) is 6. The molecule has 2 fully saturated rings. The highest BCUT2D eigenvalue weighted by molar-refractivity contribution is 6.74. The monoisotopic (exact) mass is 579 g/mol. The van der Waals surface area contributed by atoms with E-state index < -0.39 is 49.5 Å². The number of amides is 3. The molecule has 0 aromatic carbocycles. The third-order valence-corrected chi connectivity index (χ3v) is 13.1. The number of nitrogens with one attached hydrogen (secondary N) is 2. The van der Waals surface area contributed by atoms with Crippen LogP contribution in [0.5, 0.6) is 0 Å². The lowest BCUT2D eigenvalue weighted by Gasteiger charge is -2.38. The maximum atomic E-state index is 14.0. The largest absolute Gasteiger partial charge is 0.479 e. The number of aliphatic carboxylic acids is 1. The van der Waals surface area contributed by atoms with Gasteiger partial charge in [0.15, 0.2) is 8.32 Å². The summed E-state index contributed by atoms with van der Waals surface area (Å²) in [7, 11) is -2.23. The molecular formula is C29H49N3O7Si. The first-order chi connectivity index (χ1) is 18.4. The second-order valence-corrected chi connectivity index (χ2v) is 18.8. The van der Waals surface area contributed by atoms with Crippen LogP contribution >= 0.6 is 0 Å². The van der Waals surface area contributed by atoms with Gasteiger partial charge in [-0.15, -0.1) is 0 Å². The van der Waals surface area contributed by atoms with Crippen molar-refractivity contribution in [1.82, 2.24) is 15.5 Å². The molecule has 3 aliphatic rings. The lowest BCUT2D eigenvalue weighted by Crippen LogP contribution is -2.56. The number of carboxylic acids is 1. The van der Waals surface area contributed by atoms with Crippen LogP contribution in [0.2, 0.25) is 18.1 Å². The van der Waals surface area contributed by atoms with Crippen molar-refractivity contribution in [2.45, 2.75) is 134 Å². The van der Waals surface area contributed by atoms with Crippen molar-refractivity contribution in [1.29, 1.82) is 0 Å². The molecule has 1 saturated heterocycles. The zero-order valence-corrected chi connectivity index (χ0v) is 26.5. The first-order valence-corrected chi connectivity index (χ1v) is 17.5. The Kier molecular flexibility index (Phi) is 9.50. The second kappa shape index (κ2) is 11.8. The van der Waals surface area contributed by atoms with Crippen LogP contribution in [0, 0.1) is 5.92 Å². The Hall–Kier alpha value is -2.40. The molecule has 0 aromatic heterocycles. The fraction of sp³-hybridized carbons (Fsp3) is 0.793. The minimum absolute atomic E-state index is 0.0717. The van der Waals surface area contributed by atoms with E-state index in [-0.39, 0.29) is 35.9 Å². The Labute approximate surface area is 239 Å². The number of nitrogens with zero attached hydrogens (tertiary/aromatic N) is 1. The van der Waals surface area contributed by atoms with E-state index in [9.17, 15) is 24.3 Å². The maximum Gasteiger partial charge on any atom is 0.408 e. The van der Waals surface area contributed by atoms with Gasteiger partial charge in [0.05, 0.1) is 6.10 Å². The van der Waals surface area contributed by atoms with E-state index >= 15 is 0 Å². The van der Waals surface area contributed by atoms with Gasteiger partial charge in [-0.05, 0) is 64.6 Å². The molecule has 1 aliphatic carbocycles. The predicted octanol–water partition coefficient (Wildman–Crippen LogP) is 4.35. The zero-order chi connectivity index (χ0) is 30.1. The number of ether oxygens (including phenoxy) is 1. The Balaban J connectivity index is 1.93. The summed E-state index contributed by atoms with van der Waals surface area (Å²) in [4.78, 5) is 54.2. The normalized spacial score (nSPS) is 31.1. The summed E-state index contributed by atoms with van der Waals surface area (Å²) >= 11 is 0. The van der Waals surface area contributed by atoms with E-state index in [4.69, 9.17) is 9.16 Å². The number of carbonyl (C=O) groups excluding carboxylic acids is 3. The van der Waals surface area contributed by atoms with E-state index in [0.717, 1.165) is 19.3 Å². The van der Waals surface area contributed by atoms with Gasteiger partial charge in [0.25, 0.3) is 0 Å². The van der Waals surface area contributed by atoms with Crippen molar-refractivity contribution in [3.63, 3.8) is 0 Å². The molecule has 3 rings (SSSR count). The second-order valence-electron chi connectivity index (χ2n) is 14.1. The first-order valence-electron chi connectivity index (χ1n) is 14.6. The van der Waals surface area contributed by atoms with Gasteiger partial charge in [-0.25, -0.2) is 9.59 Å². The smallest absolute Gasteiger partial charge is 0.408 e. The van der Waals surface area contributed by atoms with Crippen LogP contribution in [-0.2, 0) is 23.5 Å². The highest BCUT2D eigenvalue weighted by Gasteiger charge is 2.61. The average molecular weight is 580 g/mol. The Morgan fingerprint density at radius 2 is 1.80 bits per heavy atom. The predicted molar refractivity (Wildman–Crippen MR) is 154 cm³/mol. The fourth-order valence-corrected chi connectivity index (χ4v) is 6.55. The van der Waals surface area contributed by atoms with E-state index in [2.05, 4.69) is 44.5 Å². The van der Waals surface area contributed by atoms with Crippen molar-refractivity contribution < 1.29 is 33.4 Å². The highest BCUT2D eigenvalue weighted by atomic mass is 28.4. The van der Waals surface area contributed by atoms with Gasteiger partial charge < -0.3 is 29.8 Å². The van der Waals surface area contributed by atoms with Gasteiger partial charge in [-0.3, -0.25) is 9.59 Å². The molecule has 40 heavy (non-hydrogen) atoms. The van der Waals surface area contributed by atoms with E-state index in [1.54, 1.807) is 20.8 Å².